The van der Waals surface area contributed by atoms with E-state index in [1.54, 1.807) is 6.07 Å². The fourth-order valence-corrected chi connectivity index (χ4v) is 1.17. The lowest BCUT2D eigenvalue weighted by atomic mass is 10.0. The van der Waals surface area contributed by atoms with Crippen LogP contribution in [0.15, 0.2) is 18.2 Å². The number of aromatic carboxylic acids is 1. The van der Waals surface area contributed by atoms with Crippen molar-refractivity contribution in [2.75, 3.05) is 12.3 Å². The van der Waals surface area contributed by atoms with E-state index in [0.29, 0.717) is 11.3 Å². The summed E-state index contributed by atoms with van der Waals surface area (Å²) in [5.41, 5.74) is 17.9. The lowest BCUT2D eigenvalue weighted by Gasteiger charge is -2.12. The molecule has 0 fully saturated rings. The van der Waals surface area contributed by atoms with Gasteiger partial charge in [-0.05, 0) is 17.7 Å². The monoisotopic (exact) mass is 195 g/mol. The summed E-state index contributed by atoms with van der Waals surface area (Å²) in [4.78, 5) is 10.6. The highest BCUT2D eigenvalue weighted by Gasteiger charge is 2.10. The van der Waals surface area contributed by atoms with Crippen LogP contribution in [0, 0.1) is 0 Å². The van der Waals surface area contributed by atoms with Gasteiger partial charge in [0.15, 0.2) is 0 Å². The maximum atomic E-state index is 10.6. The second kappa shape index (κ2) is 4.08. The maximum Gasteiger partial charge on any atom is 0.335 e. The number of carbonyl (C=O) groups is 1. The lowest BCUT2D eigenvalue weighted by molar-refractivity contribution is 0.0697. The van der Waals surface area contributed by atoms with Crippen LogP contribution in [-0.4, -0.2) is 17.6 Å². The van der Waals surface area contributed by atoms with Crippen LogP contribution < -0.4 is 17.2 Å². The van der Waals surface area contributed by atoms with E-state index >= 15 is 0 Å². The maximum absolute atomic E-state index is 10.6. The topological polar surface area (TPSA) is 115 Å². The Balaban J connectivity index is 3.07. The normalized spacial score (nSPS) is 12.4. The smallest absolute Gasteiger partial charge is 0.335 e. The van der Waals surface area contributed by atoms with E-state index in [4.69, 9.17) is 22.3 Å². The van der Waals surface area contributed by atoms with E-state index in [9.17, 15) is 4.79 Å². The predicted molar refractivity (Wildman–Crippen MR) is 53.8 cm³/mol. The first-order valence-electron chi connectivity index (χ1n) is 4.14. The van der Waals surface area contributed by atoms with Crippen molar-refractivity contribution < 1.29 is 9.90 Å². The van der Waals surface area contributed by atoms with Crippen molar-refractivity contribution >= 4 is 11.7 Å². The first kappa shape index (κ1) is 10.5. The zero-order chi connectivity index (χ0) is 10.7. The van der Waals surface area contributed by atoms with Crippen molar-refractivity contribution in [2.45, 2.75) is 6.04 Å². The Hall–Kier alpha value is -1.59. The van der Waals surface area contributed by atoms with Crippen LogP contribution in [0.25, 0.3) is 0 Å². The third kappa shape index (κ3) is 2.01. The van der Waals surface area contributed by atoms with Crippen molar-refractivity contribution in [2.24, 2.45) is 11.5 Å². The van der Waals surface area contributed by atoms with E-state index in [-0.39, 0.29) is 18.2 Å². The van der Waals surface area contributed by atoms with Crippen LogP contribution >= 0.6 is 0 Å². The molecule has 0 amide bonds. The number of anilines is 1. The molecule has 1 aromatic carbocycles. The number of carboxylic acids is 1. The lowest BCUT2D eigenvalue weighted by Crippen LogP contribution is -2.22. The Morgan fingerprint density at radius 2 is 2.14 bits per heavy atom. The van der Waals surface area contributed by atoms with Gasteiger partial charge in [-0.3, -0.25) is 0 Å². The first-order chi connectivity index (χ1) is 6.56. The minimum atomic E-state index is -1.01. The first-order valence-corrected chi connectivity index (χ1v) is 4.14. The number of hydrogen-bond donors (Lipinski definition) is 4. The Bertz CT molecular complexity index is 352. The van der Waals surface area contributed by atoms with Gasteiger partial charge in [0.2, 0.25) is 0 Å². The Labute approximate surface area is 81.5 Å². The fourth-order valence-electron chi connectivity index (χ4n) is 1.17. The van der Waals surface area contributed by atoms with Gasteiger partial charge in [-0.2, -0.15) is 0 Å². The van der Waals surface area contributed by atoms with Crippen LogP contribution in [0.3, 0.4) is 0 Å². The van der Waals surface area contributed by atoms with E-state index in [1.165, 1.54) is 12.1 Å². The molecule has 0 saturated carbocycles. The molecule has 5 heteroatoms. The second-order valence-corrected chi connectivity index (χ2v) is 2.99. The summed E-state index contributed by atoms with van der Waals surface area (Å²) < 4.78 is 0. The number of benzene rings is 1. The minimum absolute atomic E-state index is 0.149. The van der Waals surface area contributed by atoms with Crippen LogP contribution in [0.4, 0.5) is 5.69 Å². The Morgan fingerprint density at radius 1 is 1.50 bits per heavy atom. The van der Waals surface area contributed by atoms with Gasteiger partial charge in [-0.15, -0.1) is 0 Å². The summed E-state index contributed by atoms with van der Waals surface area (Å²) in [5, 5.41) is 8.68. The molecule has 0 aliphatic heterocycles. The molecule has 76 valence electrons. The van der Waals surface area contributed by atoms with E-state index < -0.39 is 5.97 Å². The third-order valence-electron chi connectivity index (χ3n) is 1.99. The zero-order valence-corrected chi connectivity index (χ0v) is 7.60. The Morgan fingerprint density at radius 3 is 2.57 bits per heavy atom. The largest absolute Gasteiger partial charge is 0.478 e. The highest BCUT2D eigenvalue weighted by Crippen LogP contribution is 2.19. The fraction of sp³-hybridized carbons (Fsp3) is 0.222. The van der Waals surface area contributed by atoms with Crippen molar-refractivity contribution in [3.63, 3.8) is 0 Å². The molecule has 0 aromatic heterocycles. The highest BCUT2D eigenvalue weighted by molar-refractivity contribution is 5.89. The van der Waals surface area contributed by atoms with Gasteiger partial charge in [0.1, 0.15) is 0 Å². The highest BCUT2D eigenvalue weighted by atomic mass is 16.4. The van der Waals surface area contributed by atoms with Gasteiger partial charge in [-0.25, -0.2) is 4.79 Å². The number of carboxylic acid groups (broad SMARTS) is 1. The van der Waals surface area contributed by atoms with Crippen molar-refractivity contribution in [3.05, 3.63) is 29.3 Å². The summed E-state index contributed by atoms with van der Waals surface area (Å²) in [5.74, 6) is -1.01. The van der Waals surface area contributed by atoms with Crippen LogP contribution in [0.2, 0.25) is 0 Å². The molecule has 0 unspecified atom stereocenters. The molecular formula is C9H13N3O2. The summed E-state index contributed by atoms with van der Waals surface area (Å²) in [7, 11) is 0. The molecule has 1 atom stereocenters. The van der Waals surface area contributed by atoms with Crippen LogP contribution in [0.1, 0.15) is 22.0 Å². The van der Waals surface area contributed by atoms with Crippen molar-refractivity contribution in [3.8, 4) is 0 Å². The summed E-state index contributed by atoms with van der Waals surface area (Å²) >= 11 is 0. The molecule has 5 nitrogen and oxygen atoms in total. The SMILES string of the molecule is NC[C@@H](N)c1ccc(C(=O)O)cc1N. The third-order valence-corrected chi connectivity index (χ3v) is 1.99. The summed E-state index contributed by atoms with van der Waals surface area (Å²) in [6, 6.07) is 4.09. The summed E-state index contributed by atoms with van der Waals surface area (Å²) in [6.45, 7) is 0.274. The molecule has 1 aromatic rings. The molecule has 0 radical (unpaired) electrons. The van der Waals surface area contributed by atoms with Crippen molar-refractivity contribution in [1.29, 1.82) is 0 Å². The quantitative estimate of drug-likeness (QED) is 0.504. The van der Waals surface area contributed by atoms with Gasteiger partial charge in [0.25, 0.3) is 0 Å². The van der Waals surface area contributed by atoms with Crippen LogP contribution in [-0.2, 0) is 0 Å². The molecule has 1 rings (SSSR count). The van der Waals surface area contributed by atoms with Gasteiger partial charge in [0, 0.05) is 18.3 Å². The average molecular weight is 195 g/mol. The Kier molecular flexibility index (Phi) is 3.06. The number of nitrogen functional groups attached to an aromatic ring is 1. The number of rotatable bonds is 3. The molecule has 0 aliphatic rings. The van der Waals surface area contributed by atoms with Crippen LogP contribution in [0.5, 0.6) is 0 Å². The second-order valence-electron chi connectivity index (χ2n) is 2.99. The number of nitrogens with two attached hydrogens (primary N) is 3. The van der Waals surface area contributed by atoms with E-state index in [0.717, 1.165) is 0 Å². The molecule has 0 bridgehead atoms. The van der Waals surface area contributed by atoms with Gasteiger partial charge < -0.3 is 22.3 Å². The molecule has 0 aliphatic carbocycles. The molecule has 7 N–H and O–H groups in total. The average Bonchev–Trinajstić information content (AvgIpc) is 2.16. The number of hydrogen-bond acceptors (Lipinski definition) is 4. The van der Waals surface area contributed by atoms with Gasteiger partial charge in [-0.1, -0.05) is 6.07 Å². The zero-order valence-electron chi connectivity index (χ0n) is 7.60. The molecule has 0 heterocycles. The van der Waals surface area contributed by atoms with Crippen molar-refractivity contribution in [1.82, 2.24) is 0 Å². The summed E-state index contributed by atoms with van der Waals surface area (Å²) in [6.07, 6.45) is 0. The van der Waals surface area contributed by atoms with Gasteiger partial charge >= 0.3 is 5.97 Å². The van der Waals surface area contributed by atoms with E-state index in [1.807, 2.05) is 0 Å². The van der Waals surface area contributed by atoms with Gasteiger partial charge in [0.05, 0.1) is 5.56 Å². The molecular weight excluding hydrogens is 182 g/mol. The predicted octanol–water partition coefficient (Wildman–Crippen LogP) is -0.0745. The molecule has 0 saturated heterocycles. The minimum Gasteiger partial charge on any atom is -0.478 e. The molecule has 14 heavy (non-hydrogen) atoms. The standard InChI is InChI=1S/C9H13N3O2/c10-4-8(12)6-2-1-5(9(13)14)3-7(6)11/h1-3,8H,4,10-12H2,(H,13,14)/t8-/m1/s1. The molecule has 0 spiro atoms. The van der Waals surface area contributed by atoms with E-state index in [2.05, 4.69) is 0 Å².